The second-order valence-electron chi connectivity index (χ2n) is 3.98. The summed E-state index contributed by atoms with van der Waals surface area (Å²) < 4.78 is 0. The predicted molar refractivity (Wildman–Crippen MR) is 56.1 cm³/mol. The Labute approximate surface area is 84.2 Å². The number of benzene rings is 1. The molecule has 0 saturated heterocycles. The van der Waals surface area contributed by atoms with E-state index in [0.29, 0.717) is 0 Å². The molecule has 0 amide bonds. The van der Waals surface area contributed by atoms with Crippen molar-refractivity contribution < 1.29 is 10.2 Å². The third kappa shape index (κ3) is 3.36. The van der Waals surface area contributed by atoms with Crippen molar-refractivity contribution >= 4 is 0 Å². The van der Waals surface area contributed by atoms with Crippen LogP contribution in [0.4, 0.5) is 0 Å². The predicted octanol–water partition coefficient (Wildman–Crippen LogP) is 1.03. The van der Waals surface area contributed by atoms with Gasteiger partial charge in [0.05, 0.1) is 6.61 Å². The largest absolute Gasteiger partial charge is 0.508 e. The minimum atomic E-state index is -0.516. The van der Waals surface area contributed by atoms with Crippen LogP contribution in [0, 0.1) is 0 Å². The van der Waals surface area contributed by atoms with Crippen molar-refractivity contribution in [3.8, 4) is 5.75 Å². The average molecular weight is 195 g/mol. The lowest BCUT2D eigenvalue weighted by atomic mass is 9.95. The standard InChI is InChI=1S/C11H17NO2/c1-11(12,8-13)7-6-9-2-4-10(14)5-3-9/h2-5,13-14H,6-8,12H2,1H3. The number of aromatic hydroxyl groups is 1. The summed E-state index contributed by atoms with van der Waals surface area (Å²) in [6, 6.07) is 7.04. The van der Waals surface area contributed by atoms with Gasteiger partial charge in [0.15, 0.2) is 0 Å². The van der Waals surface area contributed by atoms with Crippen LogP contribution in [0.3, 0.4) is 0 Å². The molecule has 1 rings (SSSR count). The highest BCUT2D eigenvalue weighted by Crippen LogP contribution is 2.14. The summed E-state index contributed by atoms with van der Waals surface area (Å²) in [6.45, 7) is 1.82. The lowest BCUT2D eigenvalue weighted by Gasteiger charge is -2.21. The first-order valence-corrected chi connectivity index (χ1v) is 4.71. The van der Waals surface area contributed by atoms with Crippen molar-refractivity contribution in [1.82, 2.24) is 0 Å². The van der Waals surface area contributed by atoms with Crippen molar-refractivity contribution in [1.29, 1.82) is 0 Å². The van der Waals surface area contributed by atoms with Gasteiger partial charge in [-0.05, 0) is 37.5 Å². The molecule has 1 atom stereocenters. The third-order valence-corrected chi connectivity index (χ3v) is 2.28. The molecule has 0 aliphatic heterocycles. The van der Waals surface area contributed by atoms with Crippen LogP contribution < -0.4 is 5.73 Å². The van der Waals surface area contributed by atoms with Gasteiger partial charge in [0.25, 0.3) is 0 Å². The SMILES string of the molecule is CC(N)(CO)CCc1ccc(O)cc1. The van der Waals surface area contributed by atoms with Gasteiger partial charge >= 0.3 is 0 Å². The zero-order valence-corrected chi connectivity index (χ0v) is 8.40. The van der Waals surface area contributed by atoms with Crippen LogP contribution in [-0.4, -0.2) is 22.4 Å². The molecule has 1 aromatic rings. The van der Waals surface area contributed by atoms with E-state index in [2.05, 4.69) is 0 Å². The van der Waals surface area contributed by atoms with E-state index in [1.54, 1.807) is 12.1 Å². The Morgan fingerprint density at radius 1 is 1.29 bits per heavy atom. The molecule has 3 nitrogen and oxygen atoms in total. The molecular weight excluding hydrogens is 178 g/mol. The Balaban J connectivity index is 2.50. The number of phenolic OH excluding ortho intramolecular Hbond substituents is 1. The summed E-state index contributed by atoms with van der Waals surface area (Å²) in [5, 5.41) is 18.0. The van der Waals surface area contributed by atoms with E-state index >= 15 is 0 Å². The second kappa shape index (κ2) is 4.44. The minimum absolute atomic E-state index is 0.00885. The summed E-state index contributed by atoms with van der Waals surface area (Å²) >= 11 is 0. The Kier molecular flexibility index (Phi) is 3.49. The Morgan fingerprint density at radius 2 is 1.86 bits per heavy atom. The number of phenols is 1. The van der Waals surface area contributed by atoms with E-state index in [-0.39, 0.29) is 12.4 Å². The Morgan fingerprint density at radius 3 is 2.36 bits per heavy atom. The van der Waals surface area contributed by atoms with Gasteiger partial charge in [0.2, 0.25) is 0 Å². The highest BCUT2D eigenvalue weighted by molar-refractivity contribution is 5.26. The van der Waals surface area contributed by atoms with Crippen molar-refractivity contribution in [3.63, 3.8) is 0 Å². The monoisotopic (exact) mass is 195 g/mol. The van der Waals surface area contributed by atoms with Crippen LogP contribution in [0.15, 0.2) is 24.3 Å². The van der Waals surface area contributed by atoms with E-state index < -0.39 is 5.54 Å². The molecule has 14 heavy (non-hydrogen) atoms. The summed E-state index contributed by atoms with van der Waals surface area (Å²) in [7, 11) is 0. The zero-order valence-electron chi connectivity index (χ0n) is 8.40. The van der Waals surface area contributed by atoms with Crippen molar-refractivity contribution in [2.24, 2.45) is 5.73 Å². The number of aryl methyl sites for hydroxylation is 1. The number of aliphatic hydroxyl groups excluding tert-OH is 1. The fourth-order valence-electron chi connectivity index (χ4n) is 1.17. The Hall–Kier alpha value is -1.06. The van der Waals surface area contributed by atoms with Crippen LogP contribution in [0.5, 0.6) is 5.75 Å². The highest BCUT2D eigenvalue weighted by Gasteiger charge is 2.16. The minimum Gasteiger partial charge on any atom is -0.508 e. The first-order chi connectivity index (χ1) is 6.53. The molecule has 0 bridgehead atoms. The molecule has 3 heteroatoms. The topological polar surface area (TPSA) is 66.5 Å². The van der Waals surface area contributed by atoms with Gasteiger partial charge in [-0.25, -0.2) is 0 Å². The van der Waals surface area contributed by atoms with Crippen molar-refractivity contribution in [2.45, 2.75) is 25.3 Å². The van der Waals surface area contributed by atoms with Gasteiger partial charge in [-0.1, -0.05) is 12.1 Å². The van der Waals surface area contributed by atoms with E-state index in [9.17, 15) is 0 Å². The van der Waals surface area contributed by atoms with E-state index in [1.165, 1.54) is 0 Å². The number of nitrogens with two attached hydrogens (primary N) is 1. The van der Waals surface area contributed by atoms with Crippen LogP contribution in [0.1, 0.15) is 18.9 Å². The van der Waals surface area contributed by atoms with Gasteiger partial charge in [0.1, 0.15) is 5.75 Å². The third-order valence-electron chi connectivity index (χ3n) is 2.28. The second-order valence-corrected chi connectivity index (χ2v) is 3.98. The lowest BCUT2D eigenvalue weighted by molar-refractivity contribution is 0.200. The normalized spacial score (nSPS) is 15.1. The maximum atomic E-state index is 9.07. The highest BCUT2D eigenvalue weighted by atomic mass is 16.3. The number of rotatable bonds is 4. The van der Waals surface area contributed by atoms with Gasteiger partial charge in [0, 0.05) is 5.54 Å². The maximum Gasteiger partial charge on any atom is 0.115 e. The van der Waals surface area contributed by atoms with E-state index in [4.69, 9.17) is 15.9 Å². The molecule has 0 heterocycles. The molecule has 0 aromatic heterocycles. The van der Waals surface area contributed by atoms with Crippen LogP contribution in [0.2, 0.25) is 0 Å². The van der Waals surface area contributed by atoms with Gasteiger partial charge in [-0.2, -0.15) is 0 Å². The number of hydrogen-bond acceptors (Lipinski definition) is 3. The molecule has 0 fully saturated rings. The smallest absolute Gasteiger partial charge is 0.115 e. The van der Waals surface area contributed by atoms with E-state index in [1.807, 2.05) is 19.1 Å². The number of aliphatic hydroxyl groups is 1. The molecular formula is C11H17NO2. The summed E-state index contributed by atoms with van der Waals surface area (Å²) in [5.41, 5.74) is 6.40. The fourth-order valence-corrected chi connectivity index (χ4v) is 1.17. The lowest BCUT2D eigenvalue weighted by Crippen LogP contribution is -2.40. The van der Waals surface area contributed by atoms with E-state index in [0.717, 1.165) is 18.4 Å². The molecule has 0 aliphatic carbocycles. The first-order valence-electron chi connectivity index (χ1n) is 4.71. The molecule has 78 valence electrons. The molecule has 0 spiro atoms. The Bertz CT molecular complexity index is 280. The van der Waals surface area contributed by atoms with Crippen LogP contribution in [0.25, 0.3) is 0 Å². The molecule has 0 radical (unpaired) electrons. The molecule has 0 aliphatic rings. The van der Waals surface area contributed by atoms with Crippen LogP contribution >= 0.6 is 0 Å². The number of hydrogen-bond donors (Lipinski definition) is 3. The van der Waals surface area contributed by atoms with Gasteiger partial charge in [-0.15, -0.1) is 0 Å². The summed E-state index contributed by atoms with van der Waals surface area (Å²) in [5.74, 6) is 0.270. The fraction of sp³-hybridized carbons (Fsp3) is 0.455. The molecule has 1 aromatic carbocycles. The maximum absolute atomic E-state index is 9.07. The van der Waals surface area contributed by atoms with Crippen molar-refractivity contribution in [2.75, 3.05) is 6.61 Å². The summed E-state index contributed by atoms with van der Waals surface area (Å²) in [4.78, 5) is 0. The molecule has 4 N–H and O–H groups in total. The quantitative estimate of drug-likeness (QED) is 0.672. The van der Waals surface area contributed by atoms with Crippen molar-refractivity contribution in [3.05, 3.63) is 29.8 Å². The summed E-state index contributed by atoms with van der Waals surface area (Å²) in [6.07, 6.45) is 1.54. The van der Waals surface area contributed by atoms with Gasteiger partial charge in [-0.3, -0.25) is 0 Å². The van der Waals surface area contributed by atoms with Gasteiger partial charge < -0.3 is 15.9 Å². The average Bonchev–Trinajstić information content (AvgIpc) is 2.17. The van der Waals surface area contributed by atoms with Crippen LogP contribution in [-0.2, 0) is 6.42 Å². The first kappa shape index (κ1) is 11.0. The molecule has 0 saturated carbocycles. The zero-order chi connectivity index (χ0) is 10.6. The molecule has 1 unspecified atom stereocenters.